The summed E-state index contributed by atoms with van der Waals surface area (Å²) in [5.74, 6) is 0. The standard InChI is InChI=1S/C15H23N3O2/c1-11-5-6-12(16-7-11)8-17-13-9-18(10-13)14(19)20-15(2,3)4/h5-7,13,17H,8-10H2,1-4H3. The first kappa shape index (κ1) is 14.8. The highest BCUT2D eigenvalue weighted by atomic mass is 16.6. The second-order valence-electron chi connectivity index (χ2n) is 6.29. The number of hydrogen-bond acceptors (Lipinski definition) is 4. The average molecular weight is 277 g/mol. The second kappa shape index (κ2) is 5.79. The lowest BCUT2D eigenvalue weighted by molar-refractivity contribution is 0.00516. The predicted octanol–water partition coefficient (Wildman–Crippen LogP) is 2.10. The molecule has 20 heavy (non-hydrogen) atoms. The summed E-state index contributed by atoms with van der Waals surface area (Å²) < 4.78 is 5.31. The van der Waals surface area contributed by atoms with Gasteiger partial charge >= 0.3 is 6.09 Å². The average Bonchev–Trinajstić information content (AvgIpc) is 2.27. The molecular formula is C15H23N3O2. The Morgan fingerprint density at radius 2 is 2.15 bits per heavy atom. The van der Waals surface area contributed by atoms with Gasteiger partial charge in [-0.15, -0.1) is 0 Å². The van der Waals surface area contributed by atoms with Gasteiger partial charge < -0.3 is 15.0 Å². The van der Waals surface area contributed by atoms with E-state index < -0.39 is 5.60 Å². The highest BCUT2D eigenvalue weighted by molar-refractivity contribution is 5.69. The normalized spacial score (nSPS) is 15.9. The Bertz CT molecular complexity index is 459. The zero-order valence-electron chi connectivity index (χ0n) is 12.6. The van der Waals surface area contributed by atoms with Crippen molar-refractivity contribution < 1.29 is 9.53 Å². The van der Waals surface area contributed by atoms with Gasteiger partial charge in [0.25, 0.3) is 0 Å². The molecule has 0 atom stereocenters. The fourth-order valence-electron chi connectivity index (χ4n) is 1.94. The minimum atomic E-state index is -0.429. The van der Waals surface area contributed by atoms with Gasteiger partial charge in [0.1, 0.15) is 5.60 Å². The maximum absolute atomic E-state index is 11.8. The van der Waals surface area contributed by atoms with Crippen molar-refractivity contribution >= 4 is 6.09 Å². The van der Waals surface area contributed by atoms with Crippen LogP contribution >= 0.6 is 0 Å². The molecule has 1 aliphatic rings. The van der Waals surface area contributed by atoms with Crippen molar-refractivity contribution in [3.63, 3.8) is 0 Å². The third-order valence-electron chi connectivity index (χ3n) is 3.08. The van der Waals surface area contributed by atoms with Crippen LogP contribution in [0.3, 0.4) is 0 Å². The maximum atomic E-state index is 11.8. The fraction of sp³-hybridized carbons (Fsp3) is 0.600. The topological polar surface area (TPSA) is 54.5 Å². The van der Waals surface area contributed by atoms with Crippen LogP contribution in [-0.4, -0.2) is 40.7 Å². The molecule has 5 heteroatoms. The lowest BCUT2D eigenvalue weighted by Gasteiger charge is -2.40. The minimum Gasteiger partial charge on any atom is -0.444 e. The third-order valence-corrected chi connectivity index (χ3v) is 3.08. The molecule has 0 aliphatic carbocycles. The first-order valence-corrected chi connectivity index (χ1v) is 6.96. The molecule has 1 aromatic rings. The van der Waals surface area contributed by atoms with Crippen LogP contribution in [0.4, 0.5) is 4.79 Å². The molecule has 1 N–H and O–H groups in total. The van der Waals surface area contributed by atoms with Crippen molar-refractivity contribution in [2.24, 2.45) is 0 Å². The number of aromatic nitrogens is 1. The Morgan fingerprint density at radius 3 is 2.70 bits per heavy atom. The summed E-state index contributed by atoms with van der Waals surface area (Å²) in [5.41, 5.74) is 1.75. The van der Waals surface area contributed by atoms with Crippen LogP contribution in [0.25, 0.3) is 0 Å². The first-order valence-electron chi connectivity index (χ1n) is 6.96. The summed E-state index contributed by atoms with van der Waals surface area (Å²) in [5, 5.41) is 3.39. The molecule has 1 fully saturated rings. The number of rotatable bonds is 3. The van der Waals surface area contributed by atoms with Gasteiger partial charge in [0.15, 0.2) is 0 Å². The van der Waals surface area contributed by atoms with E-state index in [0.717, 1.165) is 17.8 Å². The molecule has 2 rings (SSSR count). The lowest BCUT2D eigenvalue weighted by Crippen LogP contribution is -2.60. The molecule has 0 spiro atoms. The highest BCUT2D eigenvalue weighted by Crippen LogP contribution is 2.15. The van der Waals surface area contributed by atoms with Crippen molar-refractivity contribution in [3.8, 4) is 0 Å². The largest absolute Gasteiger partial charge is 0.444 e. The van der Waals surface area contributed by atoms with E-state index in [1.165, 1.54) is 0 Å². The summed E-state index contributed by atoms with van der Waals surface area (Å²) in [6.45, 7) is 9.78. The van der Waals surface area contributed by atoms with Crippen LogP contribution < -0.4 is 5.32 Å². The van der Waals surface area contributed by atoms with Gasteiger partial charge in [-0.25, -0.2) is 4.79 Å². The van der Waals surface area contributed by atoms with Crippen LogP contribution in [0.15, 0.2) is 18.3 Å². The van der Waals surface area contributed by atoms with Crippen molar-refractivity contribution in [3.05, 3.63) is 29.6 Å². The Hall–Kier alpha value is -1.62. The monoisotopic (exact) mass is 277 g/mol. The maximum Gasteiger partial charge on any atom is 0.410 e. The first-order chi connectivity index (χ1) is 9.33. The van der Waals surface area contributed by atoms with Crippen molar-refractivity contribution in [1.82, 2.24) is 15.2 Å². The van der Waals surface area contributed by atoms with Gasteiger partial charge in [0.2, 0.25) is 0 Å². The zero-order chi connectivity index (χ0) is 14.8. The Balaban J connectivity index is 1.69. The van der Waals surface area contributed by atoms with E-state index in [2.05, 4.69) is 16.4 Å². The van der Waals surface area contributed by atoms with Gasteiger partial charge in [-0.05, 0) is 39.3 Å². The highest BCUT2D eigenvalue weighted by Gasteiger charge is 2.33. The molecular weight excluding hydrogens is 254 g/mol. The number of nitrogens with zero attached hydrogens (tertiary/aromatic N) is 2. The SMILES string of the molecule is Cc1ccc(CNC2CN(C(=O)OC(C)(C)C)C2)nc1. The molecule has 5 nitrogen and oxygen atoms in total. The molecule has 0 radical (unpaired) electrons. The van der Waals surface area contributed by atoms with Crippen molar-refractivity contribution in [1.29, 1.82) is 0 Å². The quantitative estimate of drug-likeness (QED) is 0.919. The summed E-state index contributed by atoms with van der Waals surface area (Å²) in [6.07, 6.45) is 1.63. The number of carbonyl (C=O) groups excluding carboxylic acids is 1. The molecule has 1 aromatic heterocycles. The van der Waals surface area contributed by atoms with Crippen LogP contribution in [0.2, 0.25) is 0 Å². The van der Waals surface area contributed by atoms with Crippen molar-refractivity contribution in [2.45, 2.75) is 45.9 Å². The van der Waals surface area contributed by atoms with Crippen LogP contribution in [-0.2, 0) is 11.3 Å². The van der Waals surface area contributed by atoms with E-state index in [4.69, 9.17) is 4.74 Å². The molecule has 0 unspecified atom stereocenters. The molecule has 1 aliphatic heterocycles. The molecule has 0 saturated carbocycles. The number of hydrogen-bond donors (Lipinski definition) is 1. The molecule has 110 valence electrons. The third kappa shape index (κ3) is 4.20. The van der Waals surface area contributed by atoms with E-state index in [0.29, 0.717) is 19.1 Å². The number of pyridine rings is 1. The number of amides is 1. The van der Waals surface area contributed by atoms with Crippen LogP contribution in [0, 0.1) is 6.92 Å². The zero-order valence-corrected chi connectivity index (χ0v) is 12.6. The number of carbonyl (C=O) groups is 1. The smallest absolute Gasteiger partial charge is 0.410 e. The molecule has 0 aromatic carbocycles. The Kier molecular flexibility index (Phi) is 4.28. The number of likely N-dealkylation sites (tertiary alicyclic amines) is 1. The minimum absolute atomic E-state index is 0.232. The van der Waals surface area contributed by atoms with Crippen molar-refractivity contribution in [2.75, 3.05) is 13.1 Å². The fourth-order valence-corrected chi connectivity index (χ4v) is 1.94. The number of ether oxygens (including phenoxy) is 1. The van der Waals surface area contributed by atoms with Gasteiger partial charge in [-0.3, -0.25) is 4.98 Å². The summed E-state index contributed by atoms with van der Waals surface area (Å²) in [6, 6.07) is 4.40. The Morgan fingerprint density at radius 1 is 1.45 bits per heavy atom. The van der Waals surface area contributed by atoms with Crippen LogP contribution in [0.5, 0.6) is 0 Å². The van der Waals surface area contributed by atoms with E-state index in [-0.39, 0.29) is 6.09 Å². The predicted molar refractivity (Wildman–Crippen MR) is 77.4 cm³/mol. The molecule has 0 bridgehead atoms. The van der Waals surface area contributed by atoms with Gasteiger partial charge in [-0.2, -0.15) is 0 Å². The van der Waals surface area contributed by atoms with Gasteiger partial charge in [-0.1, -0.05) is 6.07 Å². The van der Waals surface area contributed by atoms with E-state index >= 15 is 0 Å². The molecule has 2 heterocycles. The Labute approximate surface area is 120 Å². The number of nitrogens with one attached hydrogen (secondary N) is 1. The van der Waals surface area contributed by atoms with Crippen LogP contribution in [0.1, 0.15) is 32.0 Å². The summed E-state index contributed by atoms with van der Waals surface area (Å²) in [4.78, 5) is 17.8. The number of aryl methyl sites for hydroxylation is 1. The van der Waals surface area contributed by atoms with Gasteiger partial charge in [0, 0.05) is 31.9 Å². The van der Waals surface area contributed by atoms with E-state index in [1.807, 2.05) is 40.0 Å². The molecule has 1 saturated heterocycles. The lowest BCUT2D eigenvalue weighted by atomic mass is 10.1. The van der Waals surface area contributed by atoms with E-state index in [1.54, 1.807) is 4.90 Å². The summed E-state index contributed by atoms with van der Waals surface area (Å²) >= 11 is 0. The second-order valence-corrected chi connectivity index (χ2v) is 6.29. The van der Waals surface area contributed by atoms with Gasteiger partial charge in [0.05, 0.1) is 5.69 Å². The summed E-state index contributed by atoms with van der Waals surface area (Å²) in [7, 11) is 0. The van der Waals surface area contributed by atoms with E-state index in [9.17, 15) is 4.79 Å². The molecule has 1 amide bonds.